The first-order valence-corrected chi connectivity index (χ1v) is 16.6. The van der Waals surface area contributed by atoms with Gasteiger partial charge in [-0.15, -0.1) is 0 Å². The van der Waals surface area contributed by atoms with Crippen LogP contribution in [0.2, 0.25) is 0 Å². The number of hydrogen-bond donors (Lipinski definition) is 0. The molecule has 1 saturated carbocycles. The molecule has 0 N–H and O–H groups in total. The van der Waals surface area contributed by atoms with Crippen molar-refractivity contribution in [3.05, 3.63) is 125 Å². The molecular formula is C40H42N2O2. The number of ether oxygens (including phenoxy) is 2. The van der Waals surface area contributed by atoms with Crippen LogP contribution in [0.4, 0.5) is 0 Å². The third kappa shape index (κ3) is 5.20. The third-order valence-electron chi connectivity index (χ3n) is 10.2. The van der Waals surface area contributed by atoms with E-state index >= 15 is 0 Å². The lowest BCUT2D eigenvalue weighted by atomic mass is 9.88. The van der Waals surface area contributed by atoms with Crippen molar-refractivity contribution in [3.63, 3.8) is 0 Å². The summed E-state index contributed by atoms with van der Waals surface area (Å²) >= 11 is 0. The molecule has 5 aromatic rings. The molecule has 1 saturated heterocycles. The Morgan fingerprint density at radius 1 is 0.773 bits per heavy atom. The van der Waals surface area contributed by atoms with E-state index in [-0.39, 0.29) is 6.04 Å². The van der Waals surface area contributed by atoms with Gasteiger partial charge < -0.3 is 18.9 Å². The molecule has 0 bridgehead atoms. The molecule has 3 aliphatic rings. The van der Waals surface area contributed by atoms with Crippen molar-refractivity contribution in [1.29, 1.82) is 0 Å². The Morgan fingerprint density at radius 3 is 2.43 bits per heavy atom. The average Bonchev–Trinajstić information content (AvgIpc) is 3.63. The van der Waals surface area contributed by atoms with Crippen molar-refractivity contribution in [2.24, 2.45) is 0 Å². The summed E-state index contributed by atoms with van der Waals surface area (Å²) in [4.78, 5) is 2.54. The first-order valence-electron chi connectivity index (χ1n) is 16.6. The molecule has 0 amide bonds. The monoisotopic (exact) mass is 582 g/mol. The van der Waals surface area contributed by atoms with Gasteiger partial charge in [-0.3, -0.25) is 0 Å². The summed E-state index contributed by atoms with van der Waals surface area (Å²) in [5, 5.41) is 1.32. The maximum Gasteiger partial charge on any atom is 0.133 e. The summed E-state index contributed by atoms with van der Waals surface area (Å²) in [6.07, 6.45) is 13.5. The van der Waals surface area contributed by atoms with Crippen LogP contribution >= 0.6 is 0 Å². The predicted octanol–water partition coefficient (Wildman–Crippen LogP) is 9.32. The van der Waals surface area contributed by atoms with E-state index in [4.69, 9.17) is 9.47 Å². The van der Waals surface area contributed by atoms with Crippen molar-refractivity contribution in [3.8, 4) is 17.2 Å². The molecule has 2 fully saturated rings. The van der Waals surface area contributed by atoms with Gasteiger partial charge in [0.15, 0.2) is 0 Å². The van der Waals surface area contributed by atoms with Crippen LogP contribution < -0.4 is 9.47 Å². The highest BCUT2D eigenvalue weighted by Gasteiger charge is 2.33. The molecular weight excluding hydrogens is 540 g/mol. The minimum Gasteiger partial charge on any atom is -0.490 e. The van der Waals surface area contributed by atoms with Gasteiger partial charge in [-0.05, 0) is 112 Å². The molecule has 224 valence electrons. The lowest BCUT2D eigenvalue weighted by Crippen LogP contribution is -2.26. The van der Waals surface area contributed by atoms with E-state index in [2.05, 4.69) is 114 Å². The molecule has 1 aromatic heterocycles. The fraction of sp³-hybridized carbons (Fsp3) is 0.350. The molecule has 4 aromatic carbocycles. The molecule has 4 heteroatoms. The van der Waals surface area contributed by atoms with Crippen molar-refractivity contribution < 1.29 is 9.47 Å². The topological polar surface area (TPSA) is 26.6 Å². The van der Waals surface area contributed by atoms with E-state index in [0.717, 1.165) is 30.1 Å². The zero-order chi connectivity index (χ0) is 29.5. The number of likely N-dealkylation sites (N-methyl/N-ethyl adjacent to an activating group) is 1. The summed E-state index contributed by atoms with van der Waals surface area (Å²) in [5.74, 6) is 2.91. The van der Waals surface area contributed by atoms with Gasteiger partial charge in [0.1, 0.15) is 17.2 Å². The maximum absolute atomic E-state index is 6.62. The number of para-hydroxylation sites is 1. The minimum atomic E-state index is 0.0116. The van der Waals surface area contributed by atoms with Crippen LogP contribution in [-0.2, 0) is 12.8 Å². The molecule has 0 unspecified atom stereocenters. The van der Waals surface area contributed by atoms with Crippen LogP contribution in [0.5, 0.6) is 17.2 Å². The summed E-state index contributed by atoms with van der Waals surface area (Å²) < 4.78 is 15.8. The second kappa shape index (κ2) is 11.8. The Hall–Kier alpha value is -4.02. The summed E-state index contributed by atoms with van der Waals surface area (Å²) in [6.45, 7) is 1.18. The molecule has 2 aliphatic heterocycles. The highest BCUT2D eigenvalue weighted by molar-refractivity contribution is 5.86. The largest absolute Gasteiger partial charge is 0.490 e. The Labute approximate surface area is 261 Å². The van der Waals surface area contributed by atoms with E-state index in [9.17, 15) is 0 Å². The van der Waals surface area contributed by atoms with Crippen LogP contribution in [0.3, 0.4) is 0 Å². The fourth-order valence-corrected chi connectivity index (χ4v) is 7.94. The van der Waals surface area contributed by atoms with Gasteiger partial charge in [0.2, 0.25) is 0 Å². The number of likely N-dealkylation sites (tertiary alicyclic amines) is 1. The highest BCUT2D eigenvalue weighted by Crippen LogP contribution is 2.48. The number of benzene rings is 4. The van der Waals surface area contributed by atoms with Gasteiger partial charge >= 0.3 is 0 Å². The molecule has 2 atom stereocenters. The number of aromatic nitrogens is 1. The molecule has 4 nitrogen and oxygen atoms in total. The van der Waals surface area contributed by atoms with Gasteiger partial charge in [-0.1, -0.05) is 67.1 Å². The quantitative estimate of drug-likeness (QED) is 0.188. The first-order chi connectivity index (χ1) is 21.7. The first kappa shape index (κ1) is 27.5. The summed E-state index contributed by atoms with van der Waals surface area (Å²) in [7, 11) is 2.29. The Bertz CT molecular complexity index is 1770. The number of nitrogens with zero attached hydrogens (tertiary/aromatic N) is 2. The summed E-state index contributed by atoms with van der Waals surface area (Å²) in [5.41, 5.74) is 7.77. The summed E-state index contributed by atoms with van der Waals surface area (Å²) in [6, 6.07) is 33.4. The van der Waals surface area contributed by atoms with Crippen LogP contribution in [0.15, 0.2) is 97.2 Å². The normalized spacial score (nSPS) is 20.3. The van der Waals surface area contributed by atoms with E-state index < -0.39 is 0 Å². The number of fused-ring (bicyclic) bond motifs is 3. The van der Waals surface area contributed by atoms with Crippen LogP contribution in [0.1, 0.15) is 78.8 Å². The van der Waals surface area contributed by atoms with Gasteiger partial charge in [0.05, 0.1) is 12.1 Å². The molecule has 3 heterocycles. The lowest BCUT2D eigenvalue weighted by molar-refractivity contribution is 0.155. The molecule has 0 spiro atoms. The predicted molar refractivity (Wildman–Crippen MR) is 178 cm³/mol. The second-order valence-corrected chi connectivity index (χ2v) is 13.1. The molecule has 0 radical (unpaired) electrons. The number of hydrogen-bond acceptors (Lipinski definition) is 3. The van der Waals surface area contributed by atoms with E-state index in [1.807, 2.05) is 0 Å². The highest BCUT2D eigenvalue weighted by atomic mass is 16.5. The Kier molecular flexibility index (Phi) is 7.39. The van der Waals surface area contributed by atoms with Gasteiger partial charge in [-0.25, -0.2) is 0 Å². The number of rotatable bonds is 7. The third-order valence-corrected chi connectivity index (χ3v) is 10.2. The van der Waals surface area contributed by atoms with Crippen LogP contribution in [0, 0.1) is 0 Å². The van der Waals surface area contributed by atoms with Gasteiger partial charge in [0, 0.05) is 34.3 Å². The SMILES string of the molecule is CN1CCC[C@H]1Cc1cn([C@H]2c3ccccc3Oc3cccc(Cc4ccccc4)c32)c2ccc(OC3CCCCC3)cc12. The van der Waals surface area contributed by atoms with E-state index in [0.29, 0.717) is 12.1 Å². The second-order valence-electron chi connectivity index (χ2n) is 13.1. The zero-order valence-corrected chi connectivity index (χ0v) is 25.8. The van der Waals surface area contributed by atoms with E-state index in [1.54, 1.807) is 0 Å². The smallest absolute Gasteiger partial charge is 0.133 e. The van der Waals surface area contributed by atoms with Crippen molar-refractivity contribution >= 4 is 10.9 Å². The van der Waals surface area contributed by atoms with E-state index in [1.165, 1.54) is 90.2 Å². The minimum absolute atomic E-state index is 0.0116. The standard InChI is InChI=1S/C40H42N2O2/c1-41-23-11-15-31(41)25-30-27-42(36-22-21-33(26-35(30)36)43-32-16-6-3-7-17-32)40-34-18-8-9-19-37(34)44-38-20-10-14-29(39(38)40)24-28-12-4-2-5-13-28/h2,4-5,8-10,12-14,18-22,26-27,31-32,40H,3,6-7,11,15-17,23-25H2,1H3/t31-,40-/m0/s1. The van der Waals surface area contributed by atoms with Crippen molar-refractivity contribution in [1.82, 2.24) is 9.47 Å². The molecule has 44 heavy (non-hydrogen) atoms. The van der Waals surface area contributed by atoms with Crippen molar-refractivity contribution in [2.75, 3.05) is 13.6 Å². The fourth-order valence-electron chi connectivity index (χ4n) is 7.94. The average molecular weight is 583 g/mol. The van der Waals surface area contributed by atoms with Crippen molar-refractivity contribution in [2.45, 2.75) is 76.0 Å². The van der Waals surface area contributed by atoms with Crippen LogP contribution in [0.25, 0.3) is 10.9 Å². The lowest BCUT2D eigenvalue weighted by Gasteiger charge is -2.32. The Morgan fingerprint density at radius 2 is 1.59 bits per heavy atom. The molecule has 1 aliphatic carbocycles. The van der Waals surface area contributed by atoms with Gasteiger partial charge in [0.25, 0.3) is 0 Å². The Balaban J connectivity index is 1.28. The van der Waals surface area contributed by atoms with Crippen LogP contribution in [-0.4, -0.2) is 35.2 Å². The molecule has 8 rings (SSSR count). The maximum atomic E-state index is 6.62. The van der Waals surface area contributed by atoms with Gasteiger partial charge in [-0.2, -0.15) is 0 Å². The zero-order valence-electron chi connectivity index (χ0n) is 25.8.